The van der Waals surface area contributed by atoms with Crippen LogP contribution in [0, 0.1) is 6.92 Å². The number of piperidine rings is 1. The molecule has 0 aliphatic carbocycles. The highest BCUT2D eigenvalue weighted by Crippen LogP contribution is 2.35. The van der Waals surface area contributed by atoms with Crippen LogP contribution in [0.2, 0.25) is 0 Å². The number of aryl methyl sites for hydroxylation is 1. The monoisotopic (exact) mass is 498 g/mol. The molecule has 10 heteroatoms. The first-order valence-electron chi connectivity index (χ1n) is 12.1. The van der Waals surface area contributed by atoms with Crippen LogP contribution in [0.25, 0.3) is 16.2 Å². The van der Waals surface area contributed by atoms with Crippen molar-refractivity contribution in [3.8, 4) is 11.3 Å². The van der Waals surface area contributed by atoms with Gasteiger partial charge in [-0.15, -0.1) is 5.10 Å². The van der Waals surface area contributed by atoms with Crippen LogP contribution < -0.4 is 10.2 Å². The lowest BCUT2D eigenvalue weighted by Crippen LogP contribution is -2.49. The van der Waals surface area contributed by atoms with Gasteiger partial charge in [0.15, 0.2) is 11.6 Å². The molecule has 0 radical (unpaired) electrons. The number of likely N-dealkylation sites (N-methyl/N-ethyl adjacent to an activating group) is 1. The van der Waals surface area contributed by atoms with Crippen molar-refractivity contribution < 1.29 is 14.3 Å². The second-order valence-corrected chi connectivity index (χ2v) is 11.4. The summed E-state index contributed by atoms with van der Waals surface area (Å²) in [5.74, 6) is 0.467. The first-order valence-corrected chi connectivity index (χ1v) is 13.0. The number of amides is 1. The van der Waals surface area contributed by atoms with E-state index in [1.165, 1.54) is 16.9 Å². The number of likely N-dealkylation sites (tertiary alicyclic amines) is 1. The van der Waals surface area contributed by atoms with Crippen LogP contribution in [0.4, 0.5) is 10.9 Å². The molecule has 0 atom stereocenters. The Kier molecular flexibility index (Phi) is 6.23. The maximum absolute atomic E-state index is 13.0. The van der Waals surface area contributed by atoms with E-state index in [4.69, 9.17) is 19.6 Å². The van der Waals surface area contributed by atoms with E-state index < -0.39 is 5.79 Å². The van der Waals surface area contributed by atoms with Crippen molar-refractivity contribution in [3.63, 3.8) is 0 Å². The first kappa shape index (κ1) is 24.0. The number of ether oxygens (including phenoxy) is 2. The SMILES string of the molecule is Cc1cccc(-c2nc3sc(N(C)CC(=O)N4CCC5(CC4)OCCO5)nn3c2NC(C)(C)C)c1. The Morgan fingerprint density at radius 3 is 2.60 bits per heavy atom. The molecule has 188 valence electrons. The van der Waals surface area contributed by atoms with Crippen molar-refractivity contribution in [2.45, 2.75) is 51.9 Å². The van der Waals surface area contributed by atoms with Crippen molar-refractivity contribution in [1.29, 1.82) is 0 Å². The Morgan fingerprint density at radius 1 is 1.23 bits per heavy atom. The quantitative estimate of drug-likeness (QED) is 0.573. The maximum Gasteiger partial charge on any atom is 0.242 e. The summed E-state index contributed by atoms with van der Waals surface area (Å²) >= 11 is 1.49. The van der Waals surface area contributed by atoms with Crippen LogP contribution in [0.5, 0.6) is 0 Å². The van der Waals surface area contributed by atoms with Gasteiger partial charge >= 0.3 is 0 Å². The van der Waals surface area contributed by atoms with Crippen molar-refractivity contribution in [2.75, 3.05) is 50.1 Å². The molecule has 0 saturated carbocycles. The predicted molar refractivity (Wildman–Crippen MR) is 138 cm³/mol. The van der Waals surface area contributed by atoms with Gasteiger partial charge in [-0.05, 0) is 33.8 Å². The number of rotatable bonds is 5. The summed E-state index contributed by atoms with van der Waals surface area (Å²) < 4.78 is 13.4. The Morgan fingerprint density at radius 2 is 1.94 bits per heavy atom. The van der Waals surface area contributed by atoms with Crippen LogP contribution in [0.15, 0.2) is 24.3 Å². The van der Waals surface area contributed by atoms with Gasteiger partial charge in [0, 0.05) is 44.1 Å². The number of anilines is 2. The van der Waals surface area contributed by atoms with E-state index in [1.54, 1.807) is 0 Å². The first-order chi connectivity index (χ1) is 16.6. The topological polar surface area (TPSA) is 84.2 Å². The van der Waals surface area contributed by atoms with Gasteiger partial charge in [0.25, 0.3) is 0 Å². The Labute approximate surface area is 210 Å². The normalized spacial score (nSPS) is 17.9. The van der Waals surface area contributed by atoms with Crippen LogP contribution >= 0.6 is 11.3 Å². The van der Waals surface area contributed by atoms with Crippen molar-refractivity contribution in [2.24, 2.45) is 0 Å². The highest BCUT2D eigenvalue weighted by atomic mass is 32.1. The zero-order valence-corrected chi connectivity index (χ0v) is 21.9. The summed E-state index contributed by atoms with van der Waals surface area (Å²) in [6.07, 6.45) is 1.44. The minimum absolute atomic E-state index is 0.0849. The molecule has 2 aliphatic heterocycles. The molecular formula is C25H34N6O3S. The number of benzene rings is 1. The van der Waals surface area contributed by atoms with Gasteiger partial charge in [-0.25, -0.2) is 4.98 Å². The van der Waals surface area contributed by atoms with Gasteiger partial charge in [-0.3, -0.25) is 4.79 Å². The number of imidazole rings is 1. The van der Waals surface area contributed by atoms with Crippen LogP contribution in [0.3, 0.4) is 0 Å². The average molecular weight is 499 g/mol. The number of carbonyl (C=O) groups excluding carboxylic acids is 1. The average Bonchev–Trinajstić information content (AvgIpc) is 3.50. The van der Waals surface area contributed by atoms with Gasteiger partial charge in [-0.2, -0.15) is 4.52 Å². The van der Waals surface area contributed by atoms with E-state index in [-0.39, 0.29) is 18.0 Å². The van der Waals surface area contributed by atoms with Gasteiger partial charge in [0.2, 0.25) is 16.0 Å². The molecule has 1 N–H and O–H groups in total. The fourth-order valence-electron chi connectivity index (χ4n) is 4.61. The molecular weight excluding hydrogens is 464 g/mol. The molecule has 0 bridgehead atoms. The number of aromatic nitrogens is 3. The summed E-state index contributed by atoms with van der Waals surface area (Å²) in [4.78, 5) is 22.5. The predicted octanol–water partition coefficient (Wildman–Crippen LogP) is 3.78. The molecule has 1 spiro atoms. The molecule has 5 rings (SSSR count). The number of hydrogen-bond donors (Lipinski definition) is 1. The van der Waals surface area contributed by atoms with Crippen LogP contribution in [-0.4, -0.2) is 76.6 Å². The summed E-state index contributed by atoms with van der Waals surface area (Å²) in [6.45, 7) is 11.3. The third kappa shape index (κ3) is 5.00. The van der Waals surface area contributed by atoms with Crippen LogP contribution in [0.1, 0.15) is 39.2 Å². The van der Waals surface area contributed by atoms with Crippen molar-refractivity contribution in [3.05, 3.63) is 29.8 Å². The van der Waals surface area contributed by atoms with E-state index in [9.17, 15) is 4.79 Å². The standard InChI is InChI=1S/C25H34N6O3S/c1-17-7-6-8-18(15-17)20-21(27-24(2,3)4)31-22(26-20)35-23(28-31)29(5)16-19(32)30-11-9-25(10-12-30)33-13-14-34-25/h6-8,15,27H,9-14,16H2,1-5H3. The minimum Gasteiger partial charge on any atom is -0.364 e. The minimum atomic E-state index is -0.477. The third-order valence-corrected chi connectivity index (χ3v) is 7.39. The molecule has 1 aromatic carbocycles. The number of carbonyl (C=O) groups is 1. The Bertz CT molecular complexity index is 1210. The fraction of sp³-hybridized carbons (Fsp3) is 0.560. The Balaban J connectivity index is 1.34. The van der Waals surface area contributed by atoms with E-state index in [0.717, 1.165) is 40.0 Å². The van der Waals surface area contributed by atoms with Crippen LogP contribution in [-0.2, 0) is 14.3 Å². The molecule has 2 aliphatic rings. The summed E-state index contributed by atoms with van der Waals surface area (Å²) in [7, 11) is 1.91. The highest BCUT2D eigenvalue weighted by molar-refractivity contribution is 7.20. The summed E-state index contributed by atoms with van der Waals surface area (Å²) in [6, 6.07) is 8.33. The Hall–Kier alpha value is -2.69. The molecule has 9 nitrogen and oxygen atoms in total. The molecule has 4 heterocycles. The fourth-order valence-corrected chi connectivity index (χ4v) is 5.47. The van der Waals surface area contributed by atoms with E-state index >= 15 is 0 Å². The molecule has 3 aromatic rings. The zero-order valence-electron chi connectivity index (χ0n) is 21.1. The lowest BCUT2D eigenvalue weighted by molar-refractivity contribution is -0.187. The van der Waals surface area contributed by atoms with E-state index in [1.807, 2.05) is 27.4 Å². The maximum atomic E-state index is 13.0. The number of fused-ring (bicyclic) bond motifs is 1. The molecule has 1 amide bonds. The highest BCUT2D eigenvalue weighted by Gasteiger charge is 2.40. The van der Waals surface area contributed by atoms with Gasteiger partial charge < -0.3 is 24.6 Å². The molecule has 2 saturated heterocycles. The lowest BCUT2D eigenvalue weighted by Gasteiger charge is -2.38. The van der Waals surface area contributed by atoms with Crippen molar-refractivity contribution >= 4 is 33.2 Å². The summed E-state index contributed by atoms with van der Waals surface area (Å²) in [5.41, 5.74) is 2.95. The smallest absolute Gasteiger partial charge is 0.242 e. The van der Waals surface area contributed by atoms with Gasteiger partial charge in [0.1, 0.15) is 5.69 Å². The van der Waals surface area contributed by atoms with Crippen molar-refractivity contribution in [1.82, 2.24) is 19.5 Å². The van der Waals surface area contributed by atoms with E-state index in [2.05, 4.69) is 51.2 Å². The van der Waals surface area contributed by atoms with E-state index in [0.29, 0.717) is 26.3 Å². The second kappa shape index (κ2) is 9.07. The summed E-state index contributed by atoms with van der Waals surface area (Å²) in [5, 5.41) is 9.19. The number of hydrogen-bond acceptors (Lipinski definition) is 8. The van der Waals surface area contributed by atoms with Gasteiger partial charge in [-0.1, -0.05) is 35.1 Å². The third-order valence-electron chi connectivity index (χ3n) is 6.37. The number of nitrogens with one attached hydrogen (secondary N) is 1. The largest absolute Gasteiger partial charge is 0.364 e. The second-order valence-electron chi connectivity index (χ2n) is 10.5. The molecule has 0 unspecified atom stereocenters. The van der Waals surface area contributed by atoms with Gasteiger partial charge in [0.05, 0.1) is 19.8 Å². The lowest BCUT2D eigenvalue weighted by atomic mass is 10.0. The molecule has 2 aromatic heterocycles. The zero-order chi connectivity index (χ0) is 24.8. The molecule has 2 fully saturated rings. The molecule has 35 heavy (non-hydrogen) atoms. The number of nitrogens with zero attached hydrogens (tertiary/aromatic N) is 5.